The number of nitrogen functional groups attached to an aromatic ring is 1. The second-order valence-corrected chi connectivity index (χ2v) is 5.97. The minimum Gasteiger partial charge on any atom is -0.507 e. The van der Waals surface area contributed by atoms with E-state index in [1.807, 2.05) is 30.3 Å². The predicted molar refractivity (Wildman–Crippen MR) is 83.9 cm³/mol. The maximum atomic E-state index is 9.69. The molecule has 3 aromatic rings. The van der Waals surface area contributed by atoms with Crippen LogP contribution in [0.1, 0.15) is 0 Å². The van der Waals surface area contributed by atoms with Gasteiger partial charge in [-0.1, -0.05) is 0 Å². The molecule has 0 aliphatic rings. The number of anilines is 1. The molecule has 0 radical (unpaired) electrons. The SMILES string of the molecule is Nc1ccc(-c2nc3ccc(O)c(I)c3s2)cc1. The van der Waals surface area contributed by atoms with Gasteiger partial charge in [0, 0.05) is 11.3 Å². The molecule has 0 saturated heterocycles. The van der Waals surface area contributed by atoms with Gasteiger partial charge in [0.05, 0.1) is 13.8 Å². The molecule has 18 heavy (non-hydrogen) atoms. The highest BCUT2D eigenvalue weighted by atomic mass is 127. The minimum atomic E-state index is 0.301. The molecule has 3 N–H and O–H groups in total. The zero-order valence-electron chi connectivity index (χ0n) is 9.22. The molecule has 1 heterocycles. The molecule has 0 unspecified atom stereocenters. The van der Waals surface area contributed by atoms with E-state index in [9.17, 15) is 5.11 Å². The van der Waals surface area contributed by atoms with Crippen molar-refractivity contribution < 1.29 is 5.11 Å². The summed E-state index contributed by atoms with van der Waals surface area (Å²) >= 11 is 3.72. The van der Waals surface area contributed by atoms with E-state index in [-0.39, 0.29) is 0 Å². The Bertz CT molecular complexity index is 722. The largest absolute Gasteiger partial charge is 0.507 e. The normalized spacial score (nSPS) is 10.9. The molecule has 1 aromatic heterocycles. The lowest BCUT2D eigenvalue weighted by atomic mass is 10.2. The maximum Gasteiger partial charge on any atom is 0.130 e. The van der Waals surface area contributed by atoms with E-state index < -0.39 is 0 Å². The number of nitrogens with zero attached hydrogens (tertiary/aromatic N) is 1. The van der Waals surface area contributed by atoms with Gasteiger partial charge in [-0.15, -0.1) is 11.3 Å². The van der Waals surface area contributed by atoms with Crippen LogP contribution < -0.4 is 5.73 Å². The summed E-state index contributed by atoms with van der Waals surface area (Å²) in [6.07, 6.45) is 0. The summed E-state index contributed by atoms with van der Waals surface area (Å²) in [6, 6.07) is 11.2. The zero-order valence-corrected chi connectivity index (χ0v) is 12.2. The molecule has 3 nitrogen and oxygen atoms in total. The summed E-state index contributed by atoms with van der Waals surface area (Å²) < 4.78 is 1.87. The standard InChI is InChI=1S/C13H9IN2OS/c14-11-10(17)6-5-9-12(11)18-13(16-9)7-1-3-8(15)4-2-7/h1-6,17H,15H2. The van der Waals surface area contributed by atoms with Gasteiger partial charge in [0.25, 0.3) is 0 Å². The van der Waals surface area contributed by atoms with Crippen LogP contribution in [0.4, 0.5) is 5.69 Å². The van der Waals surface area contributed by atoms with Crippen molar-refractivity contribution in [3.05, 3.63) is 40.0 Å². The van der Waals surface area contributed by atoms with Crippen LogP contribution in [0.2, 0.25) is 0 Å². The summed E-state index contributed by atoms with van der Waals surface area (Å²) in [5.41, 5.74) is 8.37. The van der Waals surface area contributed by atoms with Crippen LogP contribution in [-0.4, -0.2) is 10.1 Å². The monoisotopic (exact) mass is 368 g/mol. The van der Waals surface area contributed by atoms with Gasteiger partial charge in [0.15, 0.2) is 0 Å². The topological polar surface area (TPSA) is 59.1 Å². The van der Waals surface area contributed by atoms with Gasteiger partial charge in [0.2, 0.25) is 0 Å². The van der Waals surface area contributed by atoms with Gasteiger partial charge in [-0.25, -0.2) is 4.98 Å². The van der Waals surface area contributed by atoms with Crippen LogP contribution in [0.3, 0.4) is 0 Å². The number of aromatic hydroxyl groups is 1. The minimum absolute atomic E-state index is 0.301. The van der Waals surface area contributed by atoms with Crippen molar-refractivity contribution in [1.29, 1.82) is 0 Å². The van der Waals surface area contributed by atoms with Gasteiger partial charge in [-0.2, -0.15) is 0 Å². The van der Waals surface area contributed by atoms with Crippen molar-refractivity contribution in [3.8, 4) is 16.3 Å². The third-order valence-electron chi connectivity index (χ3n) is 2.63. The number of phenols is 1. The van der Waals surface area contributed by atoms with Crippen molar-refractivity contribution >= 4 is 49.8 Å². The van der Waals surface area contributed by atoms with Crippen molar-refractivity contribution in [2.24, 2.45) is 0 Å². The predicted octanol–water partition coefficient (Wildman–Crippen LogP) is 3.86. The Kier molecular flexibility index (Phi) is 2.87. The average Bonchev–Trinajstić information content (AvgIpc) is 2.80. The quantitative estimate of drug-likeness (QED) is 0.507. The summed E-state index contributed by atoms with van der Waals surface area (Å²) in [7, 11) is 0. The van der Waals surface area contributed by atoms with E-state index in [2.05, 4.69) is 27.6 Å². The lowest BCUT2D eigenvalue weighted by Gasteiger charge is -1.96. The molecule has 5 heteroatoms. The van der Waals surface area contributed by atoms with Crippen LogP contribution in [-0.2, 0) is 0 Å². The number of hydrogen-bond donors (Lipinski definition) is 2. The van der Waals surface area contributed by atoms with Crippen LogP contribution in [0, 0.1) is 3.57 Å². The first-order valence-electron chi connectivity index (χ1n) is 5.29. The first-order valence-corrected chi connectivity index (χ1v) is 7.18. The molecule has 0 saturated carbocycles. The van der Waals surface area contributed by atoms with Crippen molar-refractivity contribution in [3.63, 3.8) is 0 Å². The summed E-state index contributed by atoms with van der Waals surface area (Å²) in [5, 5.41) is 10.6. The van der Waals surface area contributed by atoms with Crippen LogP contribution in [0.25, 0.3) is 20.8 Å². The first kappa shape index (κ1) is 11.7. The number of aromatic nitrogens is 1. The van der Waals surface area contributed by atoms with E-state index in [4.69, 9.17) is 5.73 Å². The summed E-state index contributed by atoms with van der Waals surface area (Å²) in [6.45, 7) is 0. The van der Waals surface area contributed by atoms with Crippen molar-refractivity contribution in [1.82, 2.24) is 4.98 Å². The molecule has 0 spiro atoms. The Morgan fingerprint density at radius 3 is 2.56 bits per heavy atom. The van der Waals surface area contributed by atoms with Crippen LogP contribution in [0.5, 0.6) is 5.75 Å². The average molecular weight is 368 g/mol. The molecule has 3 rings (SSSR count). The number of rotatable bonds is 1. The molecule has 0 fully saturated rings. The molecular weight excluding hydrogens is 359 g/mol. The molecular formula is C13H9IN2OS. The van der Waals surface area contributed by atoms with E-state index in [0.717, 1.165) is 30.0 Å². The number of phenolic OH excluding ortho intramolecular Hbond substituents is 1. The highest BCUT2D eigenvalue weighted by Crippen LogP contribution is 2.36. The Morgan fingerprint density at radius 2 is 1.83 bits per heavy atom. The molecule has 0 amide bonds. The number of fused-ring (bicyclic) bond motifs is 1. The van der Waals surface area contributed by atoms with Gasteiger partial charge in [-0.3, -0.25) is 0 Å². The molecule has 0 aliphatic carbocycles. The second kappa shape index (κ2) is 4.40. The number of nitrogens with two attached hydrogens (primary N) is 1. The Hall–Kier alpha value is -1.34. The third-order valence-corrected chi connectivity index (χ3v) is 5.23. The lowest BCUT2D eigenvalue weighted by Crippen LogP contribution is -1.83. The fourth-order valence-corrected chi connectivity index (χ4v) is 3.49. The van der Waals surface area contributed by atoms with Gasteiger partial charge in [0.1, 0.15) is 10.8 Å². The Morgan fingerprint density at radius 1 is 1.11 bits per heavy atom. The van der Waals surface area contributed by atoms with Gasteiger partial charge < -0.3 is 10.8 Å². The highest BCUT2D eigenvalue weighted by Gasteiger charge is 2.11. The lowest BCUT2D eigenvalue weighted by molar-refractivity contribution is 0.472. The van der Waals surface area contributed by atoms with Crippen LogP contribution in [0.15, 0.2) is 36.4 Å². The van der Waals surface area contributed by atoms with Crippen molar-refractivity contribution in [2.75, 3.05) is 5.73 Å². The van der Waals surface area contributed by atoms with Gasteiger partial charge in [-0.05, 0) is 59.0 Å². The van der Waals surface area contributed by atoms with Gasteiger partial charge >= 0.3 is 0 Å². The molecule has 90 valence electrons. The fraction of sp³-hybridized carbons (Fsp3) is 0. The number of halogens is 1. The van der Waals surface area contributed by atoms with E-state index in [1.165, 1.54) is 0 Å². The van der Waals surface area contributed by atoms with E-state index in [1.54, 1.807) is 17.4 Å². The second-order valence-electron chi connectivity index (χ2n) is 3.89. The number of hydrogen-bond acceptors (Lipinski definition) is 4. The number of benzene rings is 2. The summed E-state index contributed by atoms with van der Waals surface area (Å²) in [5.74, 6) is 0.301. The maximum absolute atomic E-state index is 9.69. The Labute approximate surface area is 121 Å². The molecule has 0 atom stereocenters. The van der Waals surface area contributed by atoms with E-state index >= 15 is 0 Å². The van der Waals surface area contributed by atoms with Crippen molar-refractivity contribution in [2.45, 2.75) is 0 Å². The third kappa shape index (κ3) is 1.93. The zero-order chi connectivity index (χ0) is 12.7. The molecule has 0 aliphatic heterocycles. The molecule has 2 aromatic carbocycles. The summed E-state index contributed by atoms with van der Waals surface area (Å²) in [4.78, 5) is 4.58. The van der Waals surface area contributed by atoms with Crippen LogP contribution >= 0.6 is 33.9 Å². The highest BCUT2D eigenvalue weighted by molar-refractivity contribution is 14.1. The van der Waals surface area contributed by atoms with E-state index in [0.29, 0.717) is 5.75 Å². The molecule has 0 bridgehead atoms. The first-order chi connectivity index (χ1) is 8.65. The smallest absolute Gasteiger partial charge is 0.130 e. The fourth-order valence-electron chi connectivity index (χ4n) is 1.70. The number of thiazole rings is 1. The Balaban J connectivity index is 2.19.